The predicted octanol–water partition coefficient (Wildman–Crippen LogP) is 6.97. The van der Waals surface area contributed by atoms with Crippen LogP contribution in [0.4, 0.5) is 0 Å². The fourth-order valence-corrected chi connectivity index (χ4v) is 7.62. The van der Waals surface area contributed by atoms with Crippen molar-refractivity contribution in [3.05, 3.63) is 12.2 Å². The molecule has 1 heterocycles. The summed E-state index contributed by atoms with van der Waals surface area (Å²) in [5, 5.41) is 55.0. The Morgan fingerprint density at radius 3 is 1.61 bits per heavy atom. The average molecular weight is 824 g/mol. The van der Waals surface area contributed by atoms with Gasteiger partial charge in [0.25, 0.3) is 0 Å². The van der Waals surface area contributed by atoms with Crippen molar-refractivity contribution in [1.29, 1.82) is 0 Å². The SMILES string of the molecule is CCCCCCCCCCCCCCCCCC/C=C/C(O)C(COC1OC(CO)C(O)C(OS(=O)(=O)O)C1O)NC(=O)C(O)CCCCCCCCCCC. The number of amides is 1. The van der Waals surface area contributed by atoms with E-state index in [2.05, 4.69) is 23.3 Å². The lowest BCUT2D eigenvalue weighted by molar-refractivity contribution is -0.298. The molecule has 7 N–H and O–H groups in total. The van der Waals surface area contributed by atoms with Crippen LogP contribution >= 0.6 is 0 Å². The fourth-order valence-electron chi connectivity index (χ4n) is 7.11. The lowest BCUT2D eigenvalue weighted by Crippen LogP contribution is -2.61. The van der Waals surface area contributed by atoms with Crippen LogP contribution in [-0.4, -0.2) is 107 Å². The lowest BCUT2D eigenvalue weighted by Gasteiger charge is -2.41. The van der Waals surface area contributed by atoms with Crippen LogP contribution in [0.25, 0.3) is 0 Å². The summed E-state index contributed by atoms with van der Waals surface area (Å²) in [5.41, 5.74) is 0. The number of carbonyl (C=O) groups excluding carboxylic acids is 1. The van der Waals surface area contributed by atoms with Gasteiger partial charge in [-0.15, -0.1) is 0 Å². The molecule has 1 saturated heterocycles. The Kier molecular flexibility index (Phi) is 31.7. The molecule has 0 aliphatic carbocycles. The first kappa shape index (κ1) is 52.8. The fraction of sp³-hybridized carbons (Fsp3) is 0.929. The Labute approximate surface area is 339 Å². The van der Waals surface area contributed by atoms with E-state index in [-0.39, 0.29) is 6.42 Å². The first-order chi connectivity index (χ1) is 26.9. The van der Waals surface area contributed by atoms with E-state index in [4.69, 9.17) is 14.0 Å². The number of hydrogen-bond acceptors (Lipinski definition) is 11. The number of ether oxygens (including phenoxy) is 2. The highest BCUT2D eigenvalue weighted by molar-refractivity contribution is 7.80. The normalized spacial score (nSPS) is 22.0. The van der Waals surface area contributed by atoms with E-state index in [9.17, 15) is 38.7 Å². The molecule has 0 aromatic heterocycles. The minimum Gasteiger partial charge on any atom is -0.394 e. The van der Waals surface area contributed by atoms with Crippen LogP contribution in [0.15, 0.2) is 12.2 Å². The van der Waals surface area contributed by atoms with Gasteiger partial charge in [0.2, 0.25) is 5.91 Å². The van der Waals surface area contributed by atoms with E-state index >= 15 is 0 Å². The van der Waals surface area contributed by atoms with Gasteiger partial charge in [-0.3, -0.25) is 9.35 Å². The maximum atomic E-state index is 13.0. The molecule has 0 bridgehead atoms. The number of carbonyl (C=O) groups is 1. The number of hydrogen-bond donors (Lipinski definition) is 7. The molecule has 0 radical (unpaired) electrons. The molecule has 13 nitrogen and oxygen atoms in total. The molecule has 1 amide bonds. The summed E-state index contributed by atoms with van der Waals surface area (Å²) in [7, 11) is -5.11. The molecular formula is C42H81NO12S. The monoisotopic (exact) mass is 824 g/mol. The minimum atomic E-state index is -5.11. The second-order valence-corrected chi connectivity index (χ2v) is 16.8. The number of aliphatic hydroxyl groups excluding tert-OH is 5. The summed E-state index contributed by atoms with van der Waals surface area (Å²) in [5.74, 6) is -0.704. The molecule has 8 atom stereocenters. The topological polar surface area (TPSA) is 212 Å². The van der Waals surface area contributed by atoms with Gasteiger partial charge in [0, 0.05) is 0 Å². The third kappa shape index (κ3) is 26.0. The van der Waals surface area contributed by atoms with Crippen molar-refractivity contribution in [2.45, 2.75) is 236 Å². The molecule has 0 spiro atoms. The number of nitrogens with one attached hydrogen (secondary N) is 1. The molecule has 1 rings (SSSR count). The molecule has 0 aromatic rings. The van der Waals surface area contributed by atoms with E-state index in [1.54, 1.807) is 0 Å². The zero-order valence-corrected chi connectivity index (χ0v) is 35.6. The predicted molar refractivity (Wildman–Crippen MR) is 219 cm³/mol. The van der Waals surface area contributed by atoms with Gasteiger partial charge in [-0.05, 0) is 19.3 Å². The zero-order valence-electron chi connectivity index (χ0n) is 34.8. The van der Waals surface area contributed by atoms with Crippen LogP contribution in [0.2, 0.25) is 0 Å². The van der Waals surface area contributed by atoms with Crippen molar-refractivity contribution in [2.75, 3.05) is 13.2 Å². The van der Waals surface area contributed by atoms with Crippen molar-refractivity contribution in [2.24, 2.45) is 0 Å². The number of rotatable bonds is 37. The highest BCUT2D eigenvalue weighted by Gasteiger charge is 2.48. The van der Waals surface area contributed by atoms with E-state index < -0.39 is 78.5 Å². The highest BCUT2D eigenvalue weighted by atomic mass is 32.3. The van der Waals surface area contributed by atoms with Gasteiger partial charge in [-0.25, -0.2) is 4.18 Å². The van der Waals surface area contributed by atoms with Gasteiger partial charge in [-0.1, -0.05) is 180 Å². The summed E-state index contributed by atoms with van der Waals surface area (Å²) in [6.45, 7) is 3.18. The Hall–Kier alpha value is -1.20. The number of aliphatic hydroxyl groups is 5. The standard InChI is InChI=1S/C42H81NO12S/c1-3-5-7-9-11-13-14-15-16-17-18-19-20-21-23-24-26-28-30-35(45)34(43-41(49)36(46)31-29-27-25-22-12-10-8-6-4-2)33-53-42-39(48)40(55-56(50,51)52)38(47)37(32-44)54-42/h28,30,34-40,42,44-48H,3-27,29,31-33H2,1-2H3,(H,43,49)(H,50,51,52)/b30-28+. The van der Waals surface area contributed by atoms with Crippen LogP contribution in [-0.2, 0) is 28.9 Å². The smallest absolute Gasteiger partial charge is 0.394 e. The third-order valence-electron chi connectivity index (χ3n) is 10.7. The van der Waals surface area contributed by atoms with Gasteiger partial charge < -0.3 is 40.3 Å². The summed E-state index contributed by atoms with van der Waals surface area (Å²) >= 11 is 0. The van der Waals surface area contributed by atoms with Gasteiger partial charge in [-0.2, -0.15) is 8.42 Å². The quantitative estimate of drug-likeness (QED) is 0.0192. The zero-order chi connectivity index (χ0) is 41.4. The average Bonchev–Trinajstić information content (AvgIpc) is 3.16. The molecule has 1 aliphatic heterocycles. The van der Waals surface area contributed by atoms with Crippen LogP contribution in [0, 0.1) is 0 Å². The second-order valence-electron chi connectivity index (χ2n) is 15.8. The van der Waals surface area contributed by atoms with E-state index in [1.807, 2.05) is 6.08 Å². The number of unbranched alkanes of at least 4 members (excludes halogenated alkanes) is 24. The van der Waals surface area contributed by atoms with Gasteiger partial charge in [0.05, 0.1) is 25.4 Å². The Balaban J connectivity index is 2.59. The van der Waals surface area contributed by atoms with Crippen LogP contribution in [0.5, 0.6) is 0 Å². The first-order valence-electron chi connectivity index (χ1n) is 22.2. The second kappa shape index (κ2) is 33.6. The van der Waals surface area contributed by atoms with Crippen LogP contribution in [0.1, 0.15) is 187 Å². The summed E-state index contributed by atoms with van der Waals surface area (Å²) < 4.78 is 47.4. The highest BCUT2D eigenvalue weighted by Crippen LogP contribution is 2.26. The van der Waals surface area contributed by atoms with E-state index in [0.717, 1.165) is 38.5 Å². The van der Waals surface area contributed by atoms with Crippen molar-refractivity contribution >= 4 is 16.3 Å². The van der Waals surface area contributed by atoms with Gasteiger partial charge in [0.1, 0.15) is 30.5 Å². The van der Waals surface area contributed by atoms with Crippen molar-refractivity contribution in [1.82, 2.24) is 5.32 Å². The van der Waals surface area contributed by atoms with Crippen LogP contribution < -0.4 is 5.32 Å². The molecule has 332 valence electrons. The molecule has 0 saturated carbocycles. The molecule has 0 aromatic carbocycles. The maximum Gasteiger partial charge on any atom is 0.397 e. The van der Waals surface area contributed by atoms with E-state index in [0.29, 0.717) is 12.8 Å². The summed E-state index contributed by atoms with van der Waals surface area (Å²) in [6, 6.07) is -1.11. The molecule has 1 aliphatic rings. The van der Waals surface area contributed by atoms with E-state index in [1.165, 1.54) is 122 Å². The maximum absolute atomic E-state index is 13.0. The minimum absolute atomic E-state index is 0.246. The number of allylic oxidation sites excluding steroid dienone is 1. The Morgan fingerprint density at radius 1 is 0.714 bits per heavy atom. The molecule has 56 heavy (non-hydrogen) atoms. The lowest BCUT2D eigenvalue weighted by atomic mass is 9.99. The van der Waals surface area contributed by atoms with Crippen molar-refractivity contribution in [3.63, 3.8) is 0 Å². The largest absolute Gasteiger partial charge is 0.397 e. The van der Waals surface area contributed by atoms with Crippen molar-refractivity contribution < 1.29 is 57.0 Å². The van der Waals surface area contributed by atoms with Gasteiger partial charge in [0.15, 0.2) is 6.29 Å². The summed E-state index contributed by atoms with van der Waals surface area (Å²) in [6.07, 6.45) is 23.1. The first-order valence-corrected chi connectivity index (χ1v) is 23.5. The van der Waals surface area contributed by atoms with Crippen LogP contribution in [0.3, 0.4) is 0 Å². The Morgan fingerprint density at radius 2 is 1.16 bits per heavy atom. The molecule has 8 unspecified atom stereocenters. The van der Waals surface area contributed by atoms with Crippen molar-refractivity contribution in [3.8, 4) is 0 Å². The molecular weight excluding hydrogens is 743 g/mol. The summed E-state index contributed by atoms with van der Waals surface area (Å²) in [4.78, 5) is 13.0. The molecule has 14 heteroatoms. The third-order valence-corrected chi connectivity index (χ3v) is 11.1. The molecule has 1 fully saturated rings. The Bertz CT molecular complexity index is 1080. The van der Waals surface area contributed by atoms with Gasteiger partial charge >= 0.3 is 10.4 Å².